The van der Waals surface area contributed by atoms with Crippen molar-refractivity contribution < 1.29 is 5.11 Å². The lowest BCUT2D eigenvalue weighted by atomic mass is 9.93. The van der Waals surface area contributed by atoms with Gasteiger partial charge < -0.3 is 21.1 Å². The molecule has 31 heavy (non-hydrogen) atoms. The fraction of sp³-hybridized carbons (Fsp3) is 0.625. The maximum Gasteiger partial charge on any atom is 0.224 e. The second-order valence-electron chi connectivity index (χ2n) is 9.01. The number of nitrogens with one attached hydrogen (secondary N) is 3. The van der Waals surface area contributed by atoms with Crippen LogP contribution in [-0.2, 0) is 6.54 Å². The first-order valence-corrected chi connectivity index (χ1v) is 11.9. The van der Waals surface area contributed by atoms with Gasteiger partial charge in [0.2, 0.25) is 5.95 Å². The van der Waals surface area contributed by atoms with Gasteiger partial charge in [0.05, 0.1) is 17.4 Å². The highest BCUT2D eigenvalue weighted by molar-refractivity contribution is 5.72. The molecule has 2 aromatic rings. The summed E-state index contributed by atoms with van der Waals surface area (Å²) >= 11 is 0. The molecule has 0 amide bonds. The molecular formula is C24H36N6O. The minimum absolute atomic E-state index is 0.170. The fourth-order valence-electron chi connectivity index (χ4n) is 3.99. The molecule has 168 valence electrons. The van der Waals surface area contributed by atoms with Crippen LogP contribution in [0.3, 0.4) is 0 Å². The van der Waals surface area contributed by atoms with E-state index in [-0.39, 0.29) is 6.10 Å². The topological polar surface area (TPSA) is 95.0 Å². The summed E-state index contributed by atoms with van der Waals surface area (Å²) in [7, 11) is 0. The quantitative estimate of drug-likeness (QED) is 0.406. The van der Waals surface area contributed by atoms with Crippen LogP contribution in [0, 0.1) is 5.92 Å². The number of hydrogen-bond donors (Lipinski definition) is 4. The van der Waals surface area contributed by atoms with Crippen molar-refractivity contribution >= 4 is 11.8 Å². The van der Waals surface area contributed by atoms with Crippen LogP contribution in [0.1, 0.15) is 63.9 Å². The van der Waals surface area contributed by atoms with Crippen molar-refractivity contribution in [2.45, 2.75) is 77.0 Å². The van der Waals surface area contributed by atoms with Crippen molar-refractivity contribution in [3.8, 4) is 11.3 Å². The molecule has 2 fully saturated rings. The molecule has 0 bridgehead atoms. The summed E-state index contributed by atoms with van der Waals surface area (Å²) < 4.78 is 0. The van der Waals surface area contributed by atoms with Crippen LogP contribution in [-0.4, -0.2) is 45.3 Å². The third-order valence-electron chi connectivity index (χ3n) is 6.20. The van der Waals surface area contributed by atoms with E-state index in [9.17, 15) is 5.11 Å². The zero-order valence-corrected chi connectivity index (χ0v) is 18.6. The molecule has 2 saturated carbocycles. The van der Waals surface area contributed by atoms with E-state index in [1.807, 2.05) is 12.4 Å². The molecule has 7 heteroatoms. The lowest BCUT2D eigenvalue weighted by molar-refractivity contribution is 0.126. The Balaban J connectivity index is 1.47. The molecule has 0 unspecified atom stereocenters. The van der Waals surface area contributed by atoms with Gasteiger partial charge in [-0.2, -0.15) is 4.98 Å². The number of rotatable bonds is 11. The summed E-state index contributed by atoms with van der Waals surface area (Å²) in [4.78, 5) is 14.0. The second-order valence-corrected chi connectivity index (χ2v) is 9.01. The number of hydrogen-bond acceptors (Lipinski definition) is 7. The number of pyridine rings is 1. The summed E-state index contributed by atoms with van der Waals surface area (Å²) in [6, 6.07) is 4.51. The van der Waals surface area contributed by atoms with Crippen LogP contribution < -0.4 is 16.0 Å². The Morgan fingerprint density at radius 1 is 1.03 bits per heavy atom. The van der Waals surface area contributed by atoms with E-state index in [2.05, 4.69) is 40.0 Å². The molecule has 0 aromatic carbocycles. The Labute approximate surface area is 185 Å². The molecule has 0 spiro atoms. The molecule has 2 aliphatic rings. The van der Waals surface area contributed by atoms with Crippen molar-refractivity contribution in [2.75, 3.05) is 23.7 Å². The maximum absolute atomic E-state index is 9.83. The first kappa shape index (κ1) is 22.0. The minimum atomic E-state index is -0.170. The molecule has 0 aliphatic heterocycles. The van der Waals surface area contributed by atoms with Crippen molar-refractivity contribution in [3.05, 3.63) is 30.1 Å². The predicted molar refractivity (Wildman–Crippen MR) is 125 cm³/mol. The van der Waals surface area contributed by atoms with Gasteiger partial charge in [-0.25, -0.2) is 4.98 Å². The monoisotopic (exact) mass is 424 g/mol. The van der Waals surface area contributed by atoms with Crippen molar-refractivity contribution in [1.29, 1.82) is 0 Å². The Bertz CT molecular complexity index is 815. The van der Waals surface area contributed by atoms with Gasteiger partial charge >= 0.3 is 0 Å². The third kappa shape index (κ3) is 6.61. The molecule has 2 heterocycles. The molecule has 2 aromatic heterocycles. The van der Waals surface area contributed by atoms with Crippen LogP contribution in [0.25, 0.3) is 11.3 Å². The Morgan fingerprint density at radius 2 is 1.87 bits per heavy atom. The van der Waals surface area contributed by atoms with Crippen LogP contribution in [0.15, 0.2) is 24.5 Å². The number of aliphatic hydroxyl groups is 1. The predicted octanol–water partition coefficient (Wildman–Crippen LogP) is 3.97. The molecule has 4 N–H and O–H groups in total. The van der Waals surface area contributed by atoms with Gasteiger partial charge in [-0.1, -0.05) is 19.4 Å². The lowest BCUT2D eigenvalue weighted by Crippen LogP contribution is -2.29. The second kappa shape index (κ2) is 10.9. The van der Waals surface area contributed by atoms with Gasteiger partial charge in [-0.05, 0) is 69.0 Å². The van der Waals surface area contributed by atoms with Gasteiger partial charge in [-0.3, -0.25) is 4.98 Å². The van der Waals surface area contributed by atoms with Gasteiger partial charge in [0.15, 0.2) is 0 Å². The summed E-state index contributed by atoms with van der Waals surface area (Å²) in [5.41, 5.74) is 2.99. The molecule has 0 radical (unpaired) electrons. The van der Waals surface area contributed by atoms with Crippen LogP contribution >= 0.6 is 0 Å². The van der Waals surface area contributed by atoms with E-state index < -0.39 is 0 Å². The smallest absolute Gasteiger partial charge is 0.224 e. The zero-order chi connectivity index (χ0) is 21.5. The van der Waals surface area contributed by atoms with E-state index in [1.165, 1.54) is 18.4 Å². The number of aromatic nitrogens is 3. The molecule has 7 nitrogen and oxygen atoms in total. The molecule has 0 saturated heterocycles. The first-order chi connectivity index (χ1) is 15.2. The van der Waals surface area contributed by atoms with E-state index in [4.69, 9.17) is 9.97 Å². The Morgan fingerprint density at radius 3 is 2.58 bits per heavy atom. The van der Waals surface area contributed by atoms with E-state index in [0.29, 0.717) is 12.0 Å². The standard InChI is InChI=1S/C24H36N6O/c1-2-3-12-26-24-28-16-21(23(30-24)29-19-7-9-20(31)10-8-19)22-11-6-18(15-27-22)14-25-13-17-4-5-17/h6,11,15-17,19-20,25,31H,2-5,7-10,12-14H2,1H3,(H2,26,28,29,30)/t19-,20-. The van der Waals surface area contributed by atoms with Crippen molar-refractivity contribution in [1.82, 2.24) is 20.3 Å². The number of nitrogens with zero attached hydrogens (tertiary/aromatic N) is 3. The summed E-state index contributed by atoms with van der Waals surface area (Å²) in [6.45, 7) is 5.00. The fourth-order valence-corrected chi connectivity index (χ4v) is 3.99. The Hall–Kier alpha value is -2.25. The summed E-state index contributed by atoms with van der Waals surface area (Å²) in [5, 5.41) is 20.3. The van der Waals surface area contributed by atoms with Gasteiger partial charge in [0, 0.05) is 31.5 Å². The van der Waals surface area contributed by atoms with Gasteiger partial charge in [-0.15, -0.1) is 0 Å². The highest BCUT2D eigenvalue weighted by Crippen LogP contribution is 2.29. The lowest BCUT2D eigenvalue weighted by Gasteiger charge is -2.27. The first-order valence-electron chi connectivity index (χ1n) is 11.9. The van der Waals surface area contributed by atoms with Crippen LogP contribution in [0.2, 0.25) is 0 Å². The molecule has 0 atom stereocenters. The number of unbranched alkanes of at least 4 members (excludes halogenated alkanes) is 1. The zero-order valence-electron chi connectivity index (χ0n) is 18.6. The Kier molecular flexibility index (Phi) is 7.70. The molecular weight excluding hydrogens is 388 g/mol. The highest BCUT2D eigenvalue weighted by Gasteiger charge is 2.22. The van der Waals surface area contributed by atoms with Crippen LogP contribution in [0.5, 0.6) is 0 Å². The van der Waals surface area contributed by atoms with E-state index in [1.54, 1.807) is 0 Å². The van der Waals surface area contributed by atoms with Gasteiger partial charge in [0.1, 0.15) is 5.82 Å². The summed E-state index contributed by atoms with van der Waals surface area (Å²) in [5.74, 6) is 2.35. The average molecular weight is 425 g/mol. The number of aliphatic hydroxyl groups excluding tert-OH is 1. The van der Waals surface area contributed by atoms with Gasteiger partial charge in [0.25, 0.3) is 0 Å². The summed E-state index contributed by atoms with van der Waals surface area (Å²) in [6.07, 6.45) is 12.2. The van der Waals surface area contributed by atoms with Crippen molar-refractivity contribution in [3.63, 3.8) is 0 Å². The largest absolute Gasteiger partial charge is 0.393 e. The van der Waals surface area contributed by atoms with Crippen LogP contribution in [0.4, 0.5) is 11.8 Å². The third-order valence-corrected chi connectivity index (χ3v) is 6.20. The normalized spacial score (nSPS) is 21.1. The van der Waals surface area contributed by atoms with E-state index in [0.717, 1.165) is 81.2 Å². The molecule has 2 aliphatic carbocycles. The maximum atomic E-state index is 9.83. The highest BCUT2D eigenvalue weighted by atomic mass is 16.3. The molecule has 4 rings (SSSR count). The van der Waals surface area contributed by atoms with E-state index >= 15 is 0 Å². The SMILES string of the molecule is CCCCNc1ncc(-c2ccc(CNCC3CC3)cn2)c(N[C@H]2CC[C@H](O)CC2)n1. The minimum Gasteiger partial charge on any atom is -0.393 e. The number of anilines is 2. The van der Waals surface area contributed by atoms with Crippen molar-refractivity contribution in [2.24, 2.45) is 5.92 Å². The average Bonchev–Trinajstić information content (AvgIpc) is 3.61.